The van der Waals surface area contributed by atoms with Gasteiger partial charge in [0, 0.05) is 23.7 Å². The Morgan fingerprint density at radius 1 is 1.48 bits per heavy atom. The van der Waals surface area contributed by atoms with Crippen molar-refractivity contribution in [3.8, 4) is 0 Å². The monoisotopic (exact) mass is 331 g/mol. The van der Waals surface area contributed by atoms with Crippen LogP contribution in [0.4, 0.5) is 5.13 Å². The number of piperidine rings is 1. The van der Waals surface area contributed by atoms with Gasteiger partial charge in [-0.25, -0.2) is 13.4 Å². The third-order valence-corrected chi connectivity index (χ3v) is 6.22. The van der Waals surface area contributed by atoms with E-state index in [0.29, 0.717) is 17.6 Å². The molecule has 1 aromatic rings. The fourth-order valence-corrected chi connectivity index (χ4v) is 4.87. The Labute approximate surface area is 131 Å². The van der Waals surface area contributed by atoms with Crippen LogP contribution in [0.1, 0.15) is 50.8 Å². The van der Waals surface area contributed by atoms with Gasteiger partial charge < -0.3 is 0 Å². The number of nitrogens with one attached hydrogen (secondary N) is 1. The Morgan fingerprint density at radius 2 is 2.29 bits per heavy atom. The maximum absolute atomic E-state index is 11.9. The molecule has 0 aromatic carbocycles. The van der Waals surface area contributed by atoms with Crippen molar-refractivity contribution >= 4 is 26.5 Å². The molecular formula is C14H25N3O2S2. The van der Waals surface area contributed by atoms with Gasteiger partial charge in [-0.3, -0.25) is 9.62 Å². The highest BCUT2D eigenvalue weighted by atomic mass is 32.2. The number of likely N-dealkylation sites (tertiary alicyclic amines) is 1. The summed E-state index contributed by atoms with van der Waals surface area (Å²) in [5.41, 5.74) is 0. The molecule has 21 heavy (non-hydrogen) atoms. The van der Waals surface area contributed by atoms with Crippen LogP contribution in [-0.2, 0) is 16.6 Å². The highest BCUT2D eigenvalue weighted by Gasteiger charge is 2.19. The van der Waals surface area contributed by atoms with E-state index in [2.05, 4.69) is 21.5 Å². The van der Waals surface area contributed by atoms with Gasteiger partial charge in [0.1, 0.15) is 0 Å². The molecule has 1 unspecified atom stereocenters. The van der Waals surface area contributed by atoms with E-state index in [4.69, 9.17) is 0 Å². The second-order valence-corrected chi connectivity index (χ2v) is 8.68. The molecule has 0 aliphatic carbocycles. The summed E-state index contributed by atoms with van der Waals surface area (Å²) in [6.45, 7) is 6.23. The molecule has 5 nitrogen and oxygen atoms in total. The average Bonchev–Trinajstić information content (AvgIpc) is 2.86. The van der Waals surface area contributed by atoms with Gasteiger partial charge >= 0.3 is 0 Å². The van der Waals surface area contributed by atoms with Crippen LogP contribution in [0, 0.1) is 0 Å². The number of aromatic nitrogens is 1. The molecule has 1 aliphatic heterocycles. The Kier molecular flexibility index (Phi) is 6.01. The Bertz CT molecular complexity index is 542. The summed E-state index contributed by atoms with van der Waals surface area (Å²) in [6.07, 6.45) is 7.15. The lowest BCUT2D eigenvalue weighted by Crippen LogP contribution is -2.36. The molecule has 1 saturated heterocycles. The first-order valence-electron chi connectivity index (χ1n) is 7.69. The lowest BCUT2D eigenvalue weighted by atomic mass is 10.0. The van der Waals surface area contributed by atoms with E-state index in [1.807, 2.05) is 6.92 Å². The first-order valence-corrected chi connectivity index (χ1v) is 10.2. The van der Waals surface area contributed by atoms with E-state index in [1.54, 1.807) is 6.20 Å². The normalized spacial score (nSPS) is 20.6. The predicted octanol–water partition coefficient (Wildman–Crippen LogP) is 3.06. The molecular weight excluding hydrogens is 306 g/mol. The number of anilines is 1. The summed E-state index contributed by atoms with van der Waals surface area (Å²) in [6, 6.07) is 0.602. The summed E-state index contributed by atoms with van der Waals surface area (Å²) < 4.78 is 26.3. The maximum atomic E-state index is 11.9. The molecule has 0 spiro atoms. The second-order valence-electron chi connectivity index (χ2n) is 5.72. The van der Waals surface area contributed by atoms with Gasteiger partial charge in [-0.15, -0.1) is 0 Å². The lowest BCUT2D eigenvalue weighted by Gasteiger charge is -2.32. The van der Waals surface area contributed by atoms with Crippen LogP contribution in [0.25, 0.3) is 0 Å². The van der Waals surface area contributed by atoms with Crippen molar-refractivity contribution in [2.24, 2.45) is 0 Å². The van der Waals surface area contributed by atoms with Crippen molar-refractivity contribution in [3.05, 3.63) is 11.1 Å². The first kappa shape index (κ1) is 16.7. The van der Waals surface area contributed by atoms with Gasteiger partial charge in [0.25, 0.3) is 0 Å². The van der Waals surface area contributed by atoms with E-state index >= 15 is 0 Å². The molecule has 0 amide bonds. The Balaban J connectivity index is 1.92. The molecule has 1 fully saturated rings. The van der Waals surface area contributed by atoms with E-state index in [-0.39, 0.29) is 5.75 Å². The van der Waals surface area contributed by atoms with Crippen LogP contribution in [0.3, 0.4) is 0 Å². The van der Waals surface area contributed by atoms with Gasteiger partial charge in [0.15, 0.2) is 5.13 Å². The van der Waals surface area contributed by atoms with Crippen molar-refractivity contribution in [1.29, 1.82) is 0 Å². The SMILES string of the molecule is CCCCS(=O)(=O)Nc1ncc(CN2CCCCC2C)s1. The van der Waals surface area contributed by atoms with Crippen molar-refractivity contribution in [3.63, 3.8) is 0 Å². The number of hydrogen-bond acceptors (Lipinski definition) is 5. The molecule has 1 N–H and O–H groups in total. The number of nitrogens with zero attached hydrogens (tertiary/aromatic N) is 2. The average molecular weight is 332 g/mol. The van der Waals surface area contributed by atoms with Crippen LogP contribution in [-0.4, -0.2) is 36.6 Å². The molecule has 2 heterocycles. The van der Waals surface area contributed by atoms with E-state index in [0.717, 1.165) is 24.4 Å². The van der Waals surface area contributed by atoms with Crippen LogP contribution in [0.5, 0.6) is 0 Å². The largest absolute Gasteiger partial charge is 0.296 e. The predicted molar refractivity (Wildman–Crippen MR) is 88.2 cm³/mol. The van der Waals surface area contributed by atoms with Crippen molar-refractivity contribution in [2.45, 2.75) is 58.5 Å². The number of hydrogen-bond donors (Lipinski definition) is 1. The summed E-state index contributed by atoms with van der Waals surface area (Å²) in [5, 5.41) is 0.491. The zero-order valence-corrected chi connectivity index (χ0v) is 14.5. The number of unbranched alkanes of at least 4 members (excludes halogenated alkanes) is 1. The molecule has 1 atom stereocenters. The molecule has 2 rings (SSSR count). The fraction of sp³-hybridized carbons (Fsp3) is 0.786. The number of thiazole rings is 1. The standard InChI is InChI=1S/C14H25N3O2S2/c1-3-4-9-21(18,19)16-14-15-10-13(20-14)11-17-8-6-5-7-12(17)2/h10,12H,3-9,11H2,1-2H3,(H,15,16). The van der Waals surface area contributed by atoms with Gasteiger partial charge in [-0.05, 0) is 32.7 Å². The van der Waals surface area contributed by atoms with Gasteiger partial charge in [0.2, 0.25) is 10.0 Å². The molecule has 0 saturated carbocycles. The van der Waals surface area contributed by atoms with E-state index < -0.39 is 10.0 Å². The number of sulfonamides is 1. The minimum atomic E-state index is -3.24. The van der Waals surface area contributed by atoms with Crippen LogP contribution in [0.15, 0.2) is 6.20 Å². The molecule has 1 aromatic heterocycles. The minimum Gasteiger partial charge on any atom is -0.296 e. The Hall–Kier alpha value is -0.660. The molecule has 1 aliphatic rings. The molecule has 120 valence electrons. The molecule has 0 bridgehead atoms. The van der Waals surface area contributed by atoms with Gasteiger partial charge in [-0.2, -0.15) is 0 Å². The summed E-state index contributed by atoms with van der Waals surface area (Å²) in [7, 11) is -3.24. The lowest BCUT2D eigenvalue weighted by molar-refractivity contribution is 0.154. The third kappa shape index (κ3) is 5.23. The summed E-state index contributed by atoms with van der Waals surface area (Å²) >= 11 is 1.45. The highest BCUT2D eigenvalue weighted by molar-refractivity contribution is 7.92. The van der Waals surface area contributed by atoms with Crippen LogP contribution in [0.2, 0.25) is 0 Å². The topological polar surface area (TPSA) is 62.3 Å². The van der Waals surface area contributed by atoms with Crippen molar-refractivity contribution < 1.29 is 8.42 Å². The van der Waals surface area contributed by atoms with Crippen molar-refractivity contribution in [1.82, 2.24) is 9.88 Å². The molecule has 0 radical (unpaired) electrons. The number of rotatable bonds is 7. The summed E-state index contributed by atoms with van der Waals surface area (Å²) in [4.78, 5) is 7.77. The highest BCUT2D eigenvalue weighted by Crippen LogP contribution is 2.24. The van der Waals surface area contributed by atoms with E-state index in [1.165, 1.54) is 30.6 Å². The van der Waals surface area contributed by atoms with Gasteiger partial charge in [0.05, 0.1) is 5.75 Å². The smallest absolute Gasteiger partial charge is 0.234 e. The third-order valence-electron chi connectivity index (χ3n) is 3.86. The van der Waals surface area contributed by atoms with Crippen LogP contribution >= 0.6 is 11.3 Å². The zero-order chi connectivity index (χ0) is 15.3. The molecule has 7 heteroatoms. The van der Waals surface area contributed by atoms with Gasteiger partial charge in [-0.1, -0.05) is 31.1 Å². The van der Waals surface area contributed by atoms with Crippen LogP contribution < -0.4 is 4.72 Å². The Morgan fingerprint density at radius 3 is 3.00 bits per heavy atom. The fourth-order valence-electron chi connectivity index (χ4n) is 2.54. The van der Waals surface area contributed by atoms with Crippen molar-refractivity contribution in [2.75, 3.05) is 17.0 Å². The second kappa shape index (κ2) is 7.56. The quantitative estimate of drug-likeness (QED) is 0.834. The first-order chi connectivity index (χ1) is 10.00. The summed E-state index contributed by atoms with van der Waals surface area (Å²) in [5.74, 6) is 0.168. The minimum absolute atomic E-state index is 0.168. The van der Waals surface area contributed by atoms with E-state index in [9.17, 15) is 8.42 Å². The zero-order valence-electron chi connectivity index (χ0n) is 12.8. The maximum Gasteiger partial charge on any atom is 0.234 e.